The number of aromatic nitrogens is 2. The molecule has 0 aliphatic carbocycles. The van der Waals surface area contributed by atoms with E-state index in [-0.39, 0.29) is 0 Å². The van der Waals surface area contributed by atoms with Crippen molar-refractivity contribution in [1.82, 2.24) is 9.55 Å². The summed E-state index contributed by atoms with van der Waals surface area (Å²) in [4.78, 5) is 4.97. The van der Waals surface area contributed by atoms with Crippen LogP contribution in [0.25, 0.3) is 38.6 Å². The first-order valence-corrected chi connectivity index (χ1v) is 25.7. The summed E-state index contributed by atoms with van der Waals surface area (Å²) in [5, 5.41) is 13.3. The standard InChI is InChI=1S/C59H44N2Si2/c1-7-23-48(24-8-1)62(49-25-9-2-10-26-49,50-27-11-3-12-28-50)54-35-21-22-45(41-54)46-40-47(44-60-43-46)61-58-37-20-19-36-56(58)57-42-55(38-39-59(57)61)63(51-29-13-4-14-30-51,52-31-15-5-16-32-52)53-33-17-6-18-34-53/h1-44H. The summed E-state index contributed by atoms with van der Waals surface area (Å²) < 4.78 is 2.41. The lowest BCUT2D eigenvalue weighted by molar-refractivity contribution is 1.14. The van der Waals surface area contributed by atoms with Crippen LogP contribution in [0.2, 0.25) is 0 Å². The summed E-state index contributed by atoms with van der Waals surface area (Å²) in [6, 6.07) is 94.5. The van der Waals surface area contributed by atoms with Gasteiger partial charge in [-0.2, -0.15) is 0 Å². The molecule has 63 heavy (non-hydrogen) atoms. The Hall–Kier alpha value is -7.64. The van der Waals surface area contributed by atoms with Gasteiger partial charge in [0.15, 0.2) is 16.1 Å². The van der Waals surface area contributed by atoms with Gasteiger partial charge < -0.3 is 4.57 Å². The van der Waals surface area contributed by atoms with Crippen LogP contribution in [0.3, 0.4) is 0 Å². The second-order valence-corrected chi connectivity index (χ2v) is 23.9. The van der Waals surface area contributed by atoms with Crippen LogP contribution in [0, 0.1) is 0 Å². The van der Waals surface area contributed by atoms with Gasteiger partial charge in [0.2, 0.25) is 0 Å². The van der Waals surface area contributed by atoms with Crippen molar-refractivity contribution in [3.05, 3.63) is 267 Å². The average Bonchev–Trinajstić information content (AvgIpc) is 3.70. The quantitative estimate of drug-likeness (QED) is 0.0998. The molecule has 0 spiro atoms. The van der Waals surface area contributed by atoms with E-state index >= 15 is 0 Å². The van der Waals surface area contributed by atoms with Crippen LogP contribution in [0.15, 0.2) is 267 Å². The molecule has 11 aromatic rings. The molecule has 2 nitrogen and oxygen atoms in total. The summed E-state index contributed by atoms with van der Waals surface area (Å²) in [5.74, 6) is 0. The first-order valence-electron chi connectivity index (χ1n) is 21.7. The maximum absolute atomic E-state index is 4.97. The van der Waals surface area contributed by atoms with Gasteiger partial charge in [0.1, 0.15) is 0 Å². The maximum atomic E-state index is 4.97. The van der Waals surface area contributed by atoms with Crippen LogP contribution < -0.4 is 41.5 Å². The minimum atomic E-state index is -2.74. The Morgan fingerprint density at radius 3 is 1.14 bits per heavy atom. The van der Waals surface area contributed by atoms with E-state index in [0.29, 0.717) is 0 Å². The van der Waals surface area contributed by atoms with Crippen LogP contribution in [-0.2, 0) is 0 Å². The molecule has 0 amide bonds. The molecule has 4 heteroatoms. The average molecular weight is 837 g/mol. The third-order valence-corrected chi connectivity index (χ3v) is 22.5. The highest BCUT2D eigenvalue weighted by Crippen LogP contribution is 2.33. The Morgan fingerprint density at radius 2 is 0.667 bits per heavy atom. The van der Waals surface area contributed by atoms with E-state index in [0.717, 1.165) is 27.8 Å². The highest BCUT2D eigenvalue weighted by molar-refractivity contribution is 7.20. The molecule has 2 aromatic heterocycles. The number of nitrogens with zero attached hydrogens (tertiary/aromatic N) is 2. The molecule has 0 unspecified atom stereocenters. The van der Waals surface area contributed by atoms with E-state index < -0.39 is 16.1 Å². The molecule has 298 valence electrons. The lowest BCUT2D eigenvalue weighted by atomic mass is 10.1. The first kappa shape index (κ1) is 38.3. The van der Waals surface area contributed by atoms with Gasteiger partial charge in [-0.1, -0.05) is 237 Å². The summed E-state index contributed by atoms with van der Waals surface area (Å²) in [6.45, 7) is 0. The summed E-state index contributed by atoms with van der Waals surface area (Å²) in [6.07, 6.45) is 4.03. The Bertz CT molecular complexity index is 3120. The second-order valence-electron chi connectivity index (χ2n) is 16.3. The molecule has 9 aromatic carbocycles. The third-order valence-electron chi connectivity index (χ3n) is 13.0. The Balaban J connectivity index is 1.10. The Morgan fingerprint density at radius 1 is 0.270 bits per heavy atom. The fourth-order valence-corrected chi connectivity index (χ4v) is 19.8. The first-order chi connectivity index (χ1) is 31.3. The van der Waals surface area contributed by atoms with E-state index in [1.165, 1.54) is 52.3 Å². The van der Waals surface area contributed by atoms with Crippen molar-refractivity contribution < 1.29 is 0 Å². The smallest absolute Gasteiger partial charge is 0.179 e. The molecule has 0 fully saturated rings. The van der Waals surface area contributed by atoms with Crippen molar-refractivity contribution in [2.75, 3.05) is 0 Å². The molecule has 0 aliphatic heterocycles. The van der Waals surface area contributed by atoms with Gasteiger partial charge >= 0.3 is 0 Å². The Kier molecular flexibility index (Phi) is 9.93. The summed E-state index contributed by atoms with van der Waals surface area (Å²) >= 11 is 0. The number of fused-ring (bicyclic) bond motifs is 3. The van der Waals surface area contributed by atoms with E-state index in [4.69, 9.17) is 4.98 Å². The fraction of sp³-hybridized carbons (Fsp3) is 0. The molecule has 0 saturated carbocycles. The summed E-state index contributed by atoms with van der Waals surface area (Å²) in [7, 11) is -5.46. The van der Waals surface area contributed by atoms with Crippen molar-refractivity contribution >= 4 is 79.4 Å². The molecule has 0 N–H and O–H groups in total. The number of para-hydroxylation sites is 1. The van der Waals surface area contributed by atoms with E-state index in [2.05, 4.69) is 259 Å². The number of hydrogen-bond donors (Lipinski definition) is 0. The SMILES string of the molecule is c1ccc([Si](c2ccccc2)(c2ccccc2)c2cccc(-c3cncc(-n4c5ccccc5c5cc([Si](c6ccccc6)(c6ccccc6)c6ccccc6)ccc54)c3)c2)cc1. The molecular weight excluding hydrogens is 793 g/mol. The second kappa shape index (κ2) is 16.3. The van der Waals surface area contributed by atoms with Crippen molar-refractivity contribution in [1.29, 1.82) is 0 Å². The number of hydrogen-bond acceptors (Lipinski definition) is 1. The normalized spacial score (nSPS) is 11.8. The van der Waals surface area contributed by atoms with Crippen molar-refractivity contribution in [2.45, 2.75) is 0 Å². The van der Waals surface area contributed by atoms with E-state index in [1.807, 2.05) is 12.4 Å². The molecule has 0 saturated heterocycles. The van der Waals surface area contributed by atoms with Gasteiger partial charge in [0, 0.05) is 22.5 Å². The van der Waals surface area contributed by atoms with Crippen molar-refractivity contribution in [3.8, 4) is 16.8 Å². The largest absolute Gasteiger partial charge is 0.308 e. The summed E-state index contributed by atoms with van der Waals surface area (Å²) in [5.41, 5.74) is 5.58. The van der Waals surface area contributed by atoms with Gasteiger partial charge in [-0.05, 0) is 65.3 Å². The van der Waals surface area contributed by atoms with Crippen LogP contribution >= 0.6 is 0 Å². The zero-order valence-electron chi connectivity index (χ0n) is 34.8. The fourth-order valence-electron chi connectivity index (χ4n) is 10.3. The van der Waals surface area contributed by atoms with Gasteiger partial charge in [-0.3, -0.25) is 4.98 Å². The molecule has 0 aliphatic rings. The lowest BCUT2D eigenvalue weighted by Crippen LogP contribution is -2.74. The third kappa shape index (κ3) is 6.42. The zero-order valence-corrected chi connectivity index (χ0v) is 36.8. The van der Waals surface area contributed by atoms with E-state index in [1.54, 1.807) is 0 Å². The predicted octanol–water partition coefficient (Wildman–Crippen LogP) is 8.60. The molecular formula is C59H44N2Si2. The van der Waals surface area contributed by atoms with Crippen LogP contribution in [0.5, 0.6) is 0 Å². The van der Waals surface area contributed by atoms with Gasteiger partial charge in [-0.25, -0.2) is 0 Å². The lowest BCUT2D eigenvalue weighted by Gasteiger charge is -2.34. The molecule has 0 radical (unpaired) electrons. The minimum Gasteiger partial charge on any atom is -0.308 e. The van der Waals surface area contributed by atoms with Crippen molar-refractivity contribution in [2.24, 2.45) is 0 Å². The highest BCUT2D eigenvalue weighted by Gasteiger charge is 2.43. The van der Waals surface area contributed by atoms with Crippen LogP contribution in [0.1, 0.15) is 0 Å². The zero-order chi connectivity index (χ0) is 42.1. The highest BCUT2D eigenvalue weighted by atomic mass is 28.3. The maximum Gasteiger partial charge on any atom is 0.179 e. The number of benzene rings is 9. The van der Waals surface area contributed by atoms with Crippen molar-refractivity contribution in [3.63, 3.8) is 0 Å². The van der Waals surface area contributed by atoms with Crippen LogP contribution in [-0.4, -0.2) is 25.7 Å². The molecule has 0 bridgehead atoms. The van der Waals surface area contributed by atoms with Gasteiger partial charge in [0.25, 0.3) is 0 Å². The molecule has 11 rings (SSSR count). The van der Waals surface area contributed by atoms with Crippen LogP contribution in [0.4, 0.5) is 0 Å². The number of rotatable bonds is 10. The topological polar surface area (TPSA) is 17.8 Å². The Labute approximate surface area is 371 Å². The van der Waals surface area contributed by atoms with E-state index in [9.17, 15) is 0 Å². The molecule has 0 atom stereocenters. The predicted molar refractivity (Wildman–Crippen MR) is 271 cm³/mol. The monoisotopic (exact) mass is 836 g/mol. The van der Waals surface area contributed by atoms with Gasteiger partial charge in [-0.15, -0.1) is 0 Å². The minimum absolute atomic E-state index is 1.03. The number of pyridine rings is 1. The van der Waals surface area contributed by atoms with Gasteiger partial charge in [0.05, 0.1) is 22.9 Å². The molecule has 2 heterocycles.